The quantitative estimate of drug-likeness (QED) is 0.681. The van der Waals surface area contributed by atoms with E-state index in [2.05, 4.69) is 21.6 Å². The van der Waals surface area contributed by atoms with Crippen molar-refractivity contribution in [2.45, 2.75) is 6.92 Å². The van der Waals surface area contributed by atoms with Crippen molar-refractivity contribution in [3.05, 3.63) is 62.4 Å². The predicted octanol–water partition coefficient (Wildman–Crippen LogP) is 0.0800. The number of fused-ring (bicyclic) bond motifs is 1. The summed E-state index contributed by atoms with van der Waals surface area (Å²) in [4.78, 5) is 20.0. The molecular formula is C14H11FN4O. The monoisotopic (exact) mass is 270 g/mol. The molecule has 0 bridgehead atoms. The molecule has 6 heteroatoms. The molecule has 0 saturated carbocycles. The van der Waals surface area contributed by atoms with Gasteiger partial charge in [-0.2, -0.15) is 4.98 Å². The minimum absolute atomic E-state index is 0.285. The third kappa shape index (κ3) is 2.01. The summed E-state index contributed by atoms with van der Waals surface area (Å²) in [5.74, 6) is -0.0419. The molecule has 0 saturated heterocycles. The van der Waals surface area contributed by atoms with Crippen molar-refractivity contribution in [3.63, 3.8) is 0 Å². The number of hydrogen-bond donors (Lipinski definition) is 1. The molecule has 20 heavy (non-hydrogen) atoms. The van der Waals surface area contributed by atoms with Gasteiger partial charge in [0, 0.05) is 0 Å². The van der Waals surface area contributed by atoms with Gasteiger partial charge in [-0.05, 0) is 30.7 Å². The smallest absolute Gasteiger partial charge is 0.290 e. The minimum Gasteiger partial charge on any atom is -0.290 e. The van der Waals surface area contributed by atoms with Crippen LogP contribution >= 0.6 is 0 Å². The van der Waals surface area contributed by atoms with Gasteiger partial charge in [0.15, 0.2) is 0 Å². The van der Waals surface area contributed by atoms with Crippen LogP contribution in [0.1, 0.15) is 11.3 Å². The van der Waals surface area contributed by atoms with Crippen molar-refractivity contribution in [2.75, 3.05) is 0 Å². The summed E-state index contributed by atoms with van der Waals surface area (Å²) in [6.07, 6.45) is 1.62. The summed E-state index contributed by atoms with van der Waals surface area (Å²) >= 11 is 0. The van der Waals surface area contributed by atoms with E-state index in [0.717, 1.165) is 0 Å². The second-order valence-corrected chi connectivity index (χ2v) is 4.42. The standard InChI is InChI=1S/C14H11FN4O/c1-8-9(2)18-19-12(13(20)17-14(19)16-8)7-10-3-5-11(15)6-4-10/h3-7,18H,2H2,1H3/b12-7+. The van der Waals surface area contributed by atoms with Crippen molar-refractivity contribution in [3.8, 4) is 5.95 Å². The largest absolute Gasteiger partial charge is 0.299 e. The van der Waals surface area contributed by atoms with E-state index in [1.165, 1.54) is 16.8 Å². The Morgan fingerprint density at radius 3 is 2.70 bits per heavy atom. The van der Waals surface area contributed by atoms with E-state index in [-0.39, 0.29) is 11.8 Å². The molecule has 0 aromatic heterocycles. The molecule has 2 aliphatic rings. The third-order valence-corrected chi connectivity index (χ3v) is 2.99. The maximum atomic E-state index is 12.9. The summed E-state index contributed by atoms with van der Waals surface area (Å²) < 4.78 is 14.4. The molecule has 0 fully saturated rings. The van der Waals surface area contributed by atoms with Crippen LogP contribution in [0.4, 0.5) is 4.39 Å². The first-order valence-electron chi connectivity index (χ1n) is 5.96. The molecule has 1 N–H and O–H groups in total. The van der Waals surface area contributed by atoms with Crippen LogP contribution in [0.2, 0.25) is 0 Å². The number of rotatable bonds is 1. The summed E-state index contributed by atoms with van der Waals surface area (Å²) in [5.41, 5.74) is 0.976. The van der Waals surface area contributed by atoms with E-state index in [0.29, 0.717) is 22.0 Å². The van der Waals surface area contributed by atoms with Gasteiger partial charge in [0.05, 0.1) is 11.0 Å². The average Bonchev–Trinajstić information content (AvgIpc) is 2.69. The molecule has 3 rings (SSSR count). The van der Waals surface area contributed by atoms with E-state index >= 15 is 0 Å². The lowest BCUT2D eigenvalue weighted by Crippen LogP contribution is -2.32. The van der Waals surface area contributed by atoms with Gasteiger partial charge >= 0.3 is 0 Å². The Kier molecular flexibility index (Phi) is 2.71. The second kappa shape index (κ2) is 4.41. The zero-order valence-electron chi connectivity index (χ0n) is 10.7. The normalized spacial score (nSPS) is 12.2. The molecule has 0 unspecified atom stereocenters. The van der Waals surface area contributed by atoms with Gasteiger partial charge < -0.3 is 0 Å². The van der Waals surface area contributed by atoms with Crippen LogP contribution < -0.4 is 16.3 Å². The highest BCUT2D eigenvalue weighted by atomic mass is 19.1. The lowest BCUT2D eigenvalue weighted by Gasteiger charge is -2.03. The van der Waals surface area contributed by atoms with Gasteiger partial charge in [0.2, 0.25) is 0 Å². The summed E-state index contributed by atoms with van der Waals surface area (Å²) in [7, 11) is 0. The Labute approximate surface area is 113 Å². The van der Waals surface area contributed by atoms with Crippen LogP contribution in [-0.4, -0.2) is 19.7 Å². The zero-order valence-corrected chi connectivity index (χ0v) is 10.7. The van der Waals surface area contributed by atoms with E-state index in [4.69, 9.17) is 0 Å². The first-order valence-corrected chi connectivity index (χ1v) is 5.96. The molecule has 0 atom stereocenters. The van der Waals surface area contributed by atoms with Crippen LogP contribution in [-0.2, 0) is 0 Å². The number of imidazole rings is 1. The van der Waals surface area contributed by atoms with Crippen LogP contribution in [0.25, 0.3) is 18.6 Å². The van der Waals surface area contributed by atoms with Crippen molar-refractivity contribution in [1.29, 1.82) is 0 Å². The first kappa shape index (κ1) is 12.3. The van der Waals surface area contributed by atoms with Gasteiger partial charge in [-0.1, -0.05) is 18.7 Å². The minimum atomic E-state index is -0.400. The molecule has 0 amide bonds. The molecule has 0 radical (unpaired) electrons. The van der Waals surface area contributed by atoms with E-state index in [1.54, 1.807) is 25.1 Å². The molecule has 0 spiro atoms. The Balaban J connectivity index is 2.29. The number of aryl methyl sites for hydroxylation is 1. The fraction of sp³-hybridized carbons (Fsp3) is 0.0714. The van der Waals surface area contributed by atoms with Gasteiger partial charge in [0.25, 0.3) is 11.5 Å². The molecule has 0 aliphatic carbocycles. The van der Waals surface area contributed by atoms with Crippen LogP contribution in [0.3, 0.4) is 0 Å². The van der Waals surface area contributed by atoms with Crippen LogP contribution in [0.15, 0.2) is 29.1 Å². The fourth-order valence-electron chi connectivity index (χ4n) is 1.86. The SMILES string of the molecule is C=c1[nH]n2/c(=C/c3ccc(F)cc3)c(=O)nc-2nc1C. The molecule has 2 aliphatic heterocycles. The average molecular weight is 270 g/mol. The fourth-order valence-corrected chi connectivity index (χ4v) is 1.86. The number of benzene rings is 1. The van der Waals surface area contributed by atoms with Gasteiger partial charge in [-0.15, -0.1) is 0 Å². The third-order valence-electron chi connectivity index (χ3n) is 2.99. The van der Waals surface area contributed by atoms with Crippen LogP contribution in [0, 0.1) is 12.7 Å². The Bertz CT molecular complexity index is 908. The predicted molar refractivity (Wildman–Crippen MR) is 72.6 cm³/mol. The molecule has 1 aromatic carbocycles. The second-order valence-electron chi connectivity index (χ2n) is 4.42. The van der Waals surface area contributed by atoms with Gasteiger partial charge in [0.1, 0.15) is 11.2 Å². The number of aromatic amines is 1. The van der Waals surface area contributed by atoms with Gasteiger partial charge in [-0.25, -0.2) is 14.1 Å². The number of H-pyrrole nitrogens is 1. The Hall–Kier alpha value is -2.76. The topological polar surface area (TPSA) is 63.6 Å². The maximum Gasteiger partial charge on any atom is 0.299 e. The van der Waals surface area contributed by atoms with Crippen molar-refractivity contribution in [2.24, 2.45) is 0 Å². The highest BCUT2D eigenvalue weighted by Gasteiger charge is 2.11. The van der Waals surface area contributed by atoms with Crippen molar-refractivity contribution < 1.29 is 4.39 Å². The molecular weight excluding hydrogens is 259 g/mol. The highest BCUT2D eigenvalue weighted by Crippen LogP contribution is 2.03. The Morgan fingerprint density at radius 1 is 1.30 bits per heavy atom. The zero-order chi connectivity index (χ0) is 14.3. The molecule has 100 valence electrons. The highest BCUT2D eigenvalue weighted by molar-refractivity contribution is 5.48. The van der Waals surface area contributed by atoms with E-state index < -0.39 is 5.56 Å². The Morgan fingerprint density at radius 2 is 2.00 bits per heavy atom. The lowest BCUT2D eigenvalue weighted by atomic mass is 10.2. The number of hydrogen-bond acceptors (Lipinski definition) is 3. The molecule has 2 heterocycles. The molecule has 1 aromatic rings. The van der Waals surface area contributed by atoms with E-state index in [9.17, 15) is 9.18 Å². The molecule has 5 nitrogen and oxygen atoms in total. The maximum absolute atomic E-state index is 12.9. The number of nitrogens with zero attached hydrogens (tertiary/aromatic N) is 3. The number of halogens is 1. The van der Waals surface area contributed by atoms with Crippen LogP contribution in [0.5, 0.6) is 0 Å². The van der Waals surface area contributed by atoms with E-state index in [1.807, 2.05) is 0 Å². The van der Waals surface area contributed by atoms with Crippen molar-refractivity contribution in [1.82, 2.24) is 19.7 Å². The number of nitrogens with one attached hydrogen (secondary N) is 1. The van der Waals surface area contributed by atoms with Gasteiger partial charge in [-0.3, -0.25) is 9.89 Å². The lowest BCUT2D eigenvalue weighted by molar-refractivity contribution is 0.627. The van der Waals surface area contributed by atoms with Crippen molar-refractivity contribution >= 4 is 12.7 Å². The number of aromatic nitrogens is 4. The first-order chi connectivity index (χ1) is 9.54. The summed E-state index contributed by atoms with van der Waals surface area (Å²) in [6, 6.07) is 5.83. The summed E-state index contributed by atoms with van der Waals surface area (Å²) in [6.45, 7) is 5.59. The summed E-state index contributed by atoms with van der Waals surface area (Å²) in [5, 5.41) is 3.88.